The fourth-order valence-corrected chi connectivity index (χ4v) is 4.72. The number of hydrogen-bond donors (Lipinski definition) is 0. The maximum Gasteiger partial charge on any atom is 0.243 e. The van der Waals surface area contributed by atoms with Crippen molar-refractivity contribution in [1.82, 2.24) is 9.21 Å². The summed E-state index contributed by atoms with van der Waals surface area (Å²) in [4.78, 5) is 2.67. The first-order chi connectivity index (χ1) is 10.8. The third kappa shape index (κ3) is 5.60. The molecule has 1 aliphatic rings. The molecule has 1 aromatic carbocycles. The van der Waals surface area contributed by atoms with Crippen molar-refractivity contribution >= 4 is 34.0 Å². The Hall–Kier alpha value is -0.330. The lowest BCUT2D eigenvalue weighted by molar-refractivity contribution is 0.162. The summed E-state index contributed by atoms with van der Waals surface area (Å²) >= 11 is 5.93. The fraction of sp³-hybridized carbons (Fsp3) is 0.647. The predicted octanol–water partition coefficient (Wildman–Crippen LogP) is 3.89. The van der Waals surface area contributed by atoms with Crippen LogP contribution >= 0.6 is 24.0 Å². The summed E-state index contributed by atoms with van der Waals surface area (Å²) in [5.74, 6) is 0.695. The van der Waals surface area contributed by atoms with Crippen LogP contribution in [0.5, 0.6) is 0 Å². The average Bonchev–Trinajstić information content (AvgIpc) is 2.52. The Labute approximate surface area is 157 Å². The molecule has 1 saturated heterocycles. The zero-order chi connectivity index (χ0) is 17.0. The number of rotatable bonds is 6. The largest absolute Gasteiger partial charge is 0.303 e. The molecule has 1 heterocycles. The van der Waals surface area contributed by atoms with E-state index in [2.05, 4.69) is 25.8 Å². The van der Waals surface area contributed by atoms with E-state index >= 15 is 0 Å². The van der Waals surface area contributed by atoms with Crippen LogP contribution in [0.15, 0.2) is 29.2 Å². The molecule has 0 amide bonds. The molecule has 0 spiro atoms. The van der Waals surface area contributed by atoms with Crippen molar-refractivity contribution in [3.05, 3.63) is 29.3 Å². The summed E-state index contributed by atoms with van der Waals surface area (Å²) in [5.41, 5.74) is 0. The highest BCUT2D eigenvalue weighted by Gasteiger charge is 2.30. The van der Waals surface area contributed by atoms with Gasteiger partial charge in [-0.2, -0.15) is 4.31 Å². The second-order valence-corrected chi connectivity index (χ2v) is 9.13. The molecular weight excluding hydrogens is 367 g/mol. The lowest BCUT2D eigenvalue weighted by Crippen LogP contribution is -2.45. The molecule has 0 N–H and O–H groups in total. The van der Waals surface area contributed by atoms with E-state index in [0.29, 0.717) is 30.1 Å². The Kier molecular flexibility index (Phi) is 8.50. The van der Waals surface area contributed by atoms with Gasteiger partial charge in [-0.1, -0.05) is 31.5 Å². The predicted molar refractivity (Wildman–Crippen MR) is 103 cm³/mol. The van der Waals surface area contributed by atoms with Gasteiger partial charge >= 0.3 is 0 Å². The first kappa shape index (κ1) is 21.7. The van der Waals surface area contributed by atoms with Crippen LogP contribution in [0.2, 0.25) is 5.02 Å². The first-order valence-electron chi connectivity index (χ1n) is 8.26. The third-order valence-electron chi connectivity index (χ3n) is 4.54. The Bertz CT molecular complexity index is 615. The summed E-state index contributed by atoms with van der Waals surface area (Å²) in [7, 11) is -1.28. The first-order valence-corrected chi connectivity index (χ1v) is 10.1. The second kappa shape index (κ2) is 9.39. The minimum absolute atomic E-state index is 0. The molecule has 0 saturated carbocycles. The van der Waals surface area contributed by atoms with E-state index in [1.54, 1.807) is 22.5 Å². The summed E-state index contributed by atoms with van der Waals surface area (Å²) < 4.78 is 27.0. The number of piperidine rings is 1. The van der Waals surface area contributed by atoms with Crippen LogP contribution in [-0.2, 0) is 10.0 Å². The average molecular weight is 395 g/mol. The standard InChI is InChI=1S/C17H27ClN2O2S.ClH/c1-14(2)7-10-19(3)16-8-11-20(12-9-16)23(21,22)17-6-4-5-15(18)13-17;/h4-6,13-14,16H,7-12H2,1-3H3;1H. The van der Waals surface area contributed by atoms with Gasteiger partial charge in [-0.25, -0.2) is 8.42 Å². The fourth-order valence-electron chi connectivity index (χ4n) is 2.94. The van der Waals surface area contributed by atoms with E-state index in [1.807, 2.05) is 0 Å². The Balaban J connectivity index is 0.00000288. The summed E-state index contributed by atoms with van der Waals surface area (Å²) in [5, 5.41) is 0.453. The van der Waals surface area contributed by atoms with Crippen LogP contribution in [-0.4, -0.2) is 50.3 Å². The van der Waals surface area contributed by atoms with Crippen LogP contribution in [0.3, 0.4) is 0 Å². The lowest BCUT2D eigenvalue weighted by Gasteiger charge is -2.36. The van der Waals surface area contributed by atoms with Crippen molar-refractivity contribution in [3.8, 4) is 0 Å². The molecule has 7 heteroatoms. The second-order valence-electron chi connectivity index (χ2n) is 6.76. The van der Waals surface area contributed by atoms with Crippen molar-refractivity contribution in [2.24, 2.45) is 5.92 Å². The minimum atomic E-state index is -3.43. The van der Waals surface area contributed by atoms with Crippen molar-refractivity contribution in [3.63, 3.8) is 0 Å². The summed E-state index contributed by atoms with van der Waals surface area (Å²) in [6.07, 6.45) is 2.94. The maximum absolute atomic E-state index is 12.7. The molecule has 1 aliphatic heterocycles. The van der Waals surface area contributed by atoms with Crippen molar-refractivity contribution in [2.45, 2.75) is 44.0 Å². The van der Waals surface area contributed by atoms with Crippen molar-refractivity contribution < 1.29 is 8.42 Å². The highest BCUT2D eigenvalue weighted by atomic mass is 35.5. The van der Waals surface area contributed by atoms with Crippen LogP contribution in [0.4, 0.5) is 0 Å². The molecule has 0 bridgehead atoms. The van der Waals surface area contributed by atoms with E-state index < -0.39 is 10.0 Å². The van der Waals surface area contributed by atoms with Gasteiger partial charge in [0.05, 0.1) is 4.90 Å². The summed E-state index contributed by atoms with van der Waals surface area (Å²) in [6.45, 7) is 6.68. The van der Waals surface area contributed by atoms with E-state index in [-0.39, 0.29) is 17.3 Å². The molecule has 0 aliphatic carbocycles. The highest BCUT2D eigenvalue weighted by molar-refractivity contribution is 7.89. The smallest absolute Gasteiger partial charge is 0.243 e. The van der Waals surface area contributed by atoms with E-state index in [4.69, 9.17) is 11.6 Å². The van der Waals surface area contributed by atoms with Crippen LogP contribution in [0.1, 0.15) is 33.1 Å². The minimum Gasteiger partial charge on any atom is -0.303 e. The van der Waals surface area contributed by atoms with Crippen LogP contribution < -0.4 is 0 Å². The molecule has 0 unspecified atom stereocenters. The zero-order valence-electron chi connectivity index (χ0n) is 14.6. The molecule has 1 aromatic rings. The van der Waals surface area contributed by atoms with Crippen molar-refractivity contribution in [1.29, 1.82) is 0 Å². The van der Waals surface area contributed by atoms with Gasteiger partial charge in [0.1, 0.15) is 0 Å². The third-order valence-corrected chi connectivity index (χ3v) is 6.67. The van der Waals surface area contributed by atoms with Gasteiger partial charge in [0.2, 0.25) is 10.0 Å². The normalized spacial score (nSPS) is 17.2. The molecule has 138 valence electrons. The Morgan fingerprint density at radius 1 is 1.29 bits per heavy atom. The molecule has 0 aromatic heterocycles. The van der Waals surface area contributed by atoms with Crippen LogP contribution in [0, 0.1) is 5.92 Å². The van der Waals surface area contributed by atoms with Gasteiger partial charge in [0.15, 0.2) is 0 Å². The van der Waals surface area contributed by atoms with Gasteiger partial charge in [-0.3, -0.25) is 0 Å². The van der Waals surface area contributed by atoms with Crippen LogP contribution in [0.25, 0.3) is 0 Å². The van der Waals surface area contributed by atoms with E-state index in [1.165, 1.54) is 12.5 Å². The molecule has 1 fully saturated rings. The molecule has 2 rings (SSSR count). The van der Waals surface area contributed by atoms with Gasteiger partial charge in [-0.05, 0) is 57.0 Å². The number of sulfonamides is 1. The summed E-state index contributed by atoms with van der Waals surface area (Å²) in [6, 6.07) is 6.98. The van der Waals surface area contributed by atoms with Gasteiger partial charge in [-0.15, -0.1) is 12.4 Å². The molecule has 24 heavy (non-hydrogen) atoms. The molecule has 0 atom stereocenters. The van der Waals surface area contributed by atoms with Gasteiger partial charge < -0.3 is 4.90 Å². The monoisotopic (exact) mass is 394 g/mol. The number of nitrogens with zero attached hydrogens (tertiary/aromatic N) is 2. The van der Waals surface area contributed by atoms with Crippen molar-refractivity contribution in [2.75, 3.05) is 26.7 Å². The SMILES string of the molecule is CC(C)CCN(C)C1CCN(S(=O)(=O)c2cccc(Cl)c2)CC1.Cl. The Morgan fingerprint density at radius 3 is 2.46 bits per heavy atom. The number of halogens is 2. The molecule has 4 nitrogen and oxygen atoms in total. The molecular formula is C17H28Cl2N2O2S. The lowest BCUT2D eigenvalue weighted by atomic mass is 10.0. The number of hydrogen-bond acceptors (Lipinski definition) is 3. The Morgan fingerprint density at radius 2 is 1.92 bits per heavy atom. The topological polar surface area (TPSA) is 40.6 Å². The number of benzene rings is 1. The van der Waals surface area contributed by atoms with E-state index in [9.17, 15) is 8.42 Å². The van der Waals surface area contributed by atoms with Gasteiger partial charge in [0.25, 0.3) is 0 Å². The quantitative estimate of drug-likeness (QED) is 0.734. The highest BCUT2D eigenvalue weighted by Crippen LogP contribution is 2.24. The van der Waals surface area contributed by atoms with E-state index in [0.717, 1.165) is 19.4 Å². The molecule has 0 radical (unpaired) electrons. The van der Waals surface area contributed by atoms with Gasteiger partial charge in [0, 0.05) is 24.2 Å². The zero-order valence-corrected chi connectivity index (χ0v) is 17.0. The maximum atomic E-state index is 12.7.